The summed E-state index contributed by atoms with van der Waals surface area (Å²) in [5, 5.41) is 6.16. The molecule has 2 aromatic heterocycles. The Morgan fingerprint density at radius 1 is 1.12 bits per heavy atom. The normalized spacial score (nSPS) is 11.2. The van der Waals surface area contributed by atoms with Crippen molar-refractivity contribution >= 4 is 33.3 Å². The fourth-order valence-corrected chi connectivity index (χ4v) is 3.44. The highest BCUT2D eigenvalue weighted by molar-refractivity contribution is 7.14. The van der Waals surface area contributed by atoms with Crippen molar-refractivity contribution in [1.82, 2.24) is 9.55 Å². The smallest absolute Gasteiger partial charge is 0.408 e. The fourth-order valence-electron chi connectivity index (χ4n) is 2.70. The summed E-state index contributed by atoms with van der Waals surface area (Å²) in [4.78, 5) is 16.3. The van der Waals surface area contributed by atoms with E-state index in [1.807, 2.05) is 29.6 Å². The van der Waals surface area contributed by atoms with Crippen molar-refractivity contribution < 1.29 is 4.42 Å². The summed E-state index contributed by atoms with van der Waals surface area (Å²) in [6, 6.07) is 11.9. The zero-order valence-electron chi connectivity index (χ0n) is 14.2. The van der Waals surface area contributed by atoms with Crippen LogP contribution in [0, 0.1) is 13.8 Å². The lowest BCUT2D eigenvalue weighted by molar-refractivity contribution is 0.528. The molecule has 0 fully saturated rings. The highest BCUT2D eigenvalue weighted by atomic mass is 32.1. The van der Waals surface area contributed by atoms with Gasteiger partial charge < -0.3 is 9.73 Å². The Bertz CT molecular complexity index is 1140. The standard InChI is InChI=1S/C19H17N3O2S/c1-11-4-6-14(8-12(11)2)20-18-21-15(10-25-18)13-5-7-16-17(9-13)24-19(23)22(16)3/h4-10H,1-3H3,(H,20,21). The van der Waals surface area contributed by atoms with Gasteiger partial charge in [-0.25, -0.2) is 9.78 Å². The van der Waals surface area contributed by atoms with Gasteiger partial charge in [0, 0.05) is 23.7 Å². The van der Waals surface area contributed by atoms with Crippen molar-refractivity contribution in [2.24, 2.45) is 7.05 Å². The SMILES string of the molecule is Cc1ccc(Nc2nc(-c3ccc4c(c3)oc(=O)n4C)cs2)cc1C. The second-order valence-electron chi connectivity index (χ2n) is 6.07. The molecule has 0 aliphatic heterocycles. The van der Waals surface area contributed by atoms with Gasteiger partial charge in [0.15, 0.2) is 10.7 Å². The largest absolute Gasteiger partial charge is 0.419 e. The van der Waals surface area contributed by atoms with E-state index >= 15 is 0 Å². The highest BCUT2D eigenvalue weighted by Crippen LogP contribution is 2.29. The Morgan fingerprint density at radius 3 is 2.76 bits per heavy atom. The van der Waals surface area contributed by atoms with Gasteiger partial charge in [-0.3, -0.25) is 4.57 Å². The molecule has 2 aromatic carbocycles. The summed E-state index contributed by atoms with van der Waals surface area (Å²) in [6.45, 7) is 4.19. The first-order chi connectivity index (χ1) is 12.0. The van der Waals surface area contributed by atoms with Crippen LogP contribution in [0.2, 0.25) is 0 Å². The summed E-state index contributed by atoms with van der Waals surface area (Å²) in [5.74, 6) is -0.359. The second kappa shape index (κ2) is 5.89. The van der Waals surface area contributed by atoms with E-state index < -0.39 is 0 Å². The molecule has 0 amide bonds. The lowest BCUT2D eigenvalue weighted by Gasteiger charge is -2.05. The lowest BCUT2D eigenvalue weighted by atomic mass is 10.1. The van der Waals surface area contributed by atoms with Crippen molar-refractivity contribution in [3.8, 4) is 11.3 Å². The van der Waals surface area contributed by atoms with Crippen molar-refractivity contribution in [3.05, 3.63) is 63.5 Å². The van der Waals surface area contributed by atoms with E-state index in [0.29, 0.717) is 5.58 Å². The predicted molar refractivity (Wildman–Crippen MR) is 102 cm³/mol. The van der Waals surface area contributed by atoms with Crippen LogP contribution in [-0.2, 0) is 7.05 Å². The molecule has 2 heterocycles. The number of aryl methyl sites for hydroxylation is 3. The van der Waals surface area contributed by atoms with Crippen LogP contribution in [0.1, 0.15) is 11.1 Å². The van der Waals surface area contributed by atoms with Crippen LogP contribution < -0.4 is 11.1 Å². The molecular formula is C19H17N3O2S. The minimum absolute atomic E-state index is 0.359. The predicted octanol–water partition coefficient (Wildman–Crippen LogP) is 4.62. The van der Waals surface area contributed by atoms with E-state index in [9.17, 15) is 4.79 Å². The number of aromatic nitrogens is 2. The first kappa shape index (κ1) is 15.7. The summed E-state index contributed by atoms with van der Waals surface area (Å²) in [7, 11) is 1.70. The topological polar surface area (TPSA) is 60.1 Å². The molecule has 0 unspecified atom stereocenters. The van der Waals surface area contributed by atoms with Crippen LogP contribution in [0.4, 0.5) is 10.8 Å². The maximum absolute atomic E-state index is 11.6. The van der Waals surface area contributed by atoms with Gasteiger partial charge in [-0.15, -0.1) is 11.3 Å². The Morgan fingerprint density at radius 2 is 1.96 bits per heavy atom. The molecule has 0 bridgehead atoms. The van der Waals surface area contributed by atoms with Gasteiger partial charge in [-0.1, -0.05) is 12.1 Å². The molecular weight excluding hydrogens is 334 g/mol. The average Bonchev–Trinajstić information content (AvgIpc) is 3.16. The molecule has 4 rings (SSSR count). The van der Waals surface area contributed by atoms with Gasteiger partial charge in [0.2, 0.25) is 0 Å². The Labute approximate surface area is 148 Å². The summed E-state index contributed by atoms with van der Waals surface area (Å²) in [5.41, 5.74) is 6.65. The monoisotopic (exact) mass is 351 g/mol. The van der Waals surface area contributed by atoms with Crippen molar-refractivity contribution in [1.29, 1.82) is 0 Å². The van der Waals surface area contributed by atoms with Crippen LogP contribution >= 0.6 is 11.3 Å². The number of hydrogen-bond acceptors (Lipinski definition) is 5. The molecule has 0 radical (unpaired) electrons. The minimum atomic E-state index is -0.359. The van der Waals surface area contributed by atoms with Gasteiger partial charge >= 0.3 is 5.76 Å². The average molecular weight is 351 g/mol. The molecule has 25 heavy (non-hydrogen) atoms. The van der Waals surface area contributed by atoms with Gasteiger partial charge in [0.25, 0.3) is 0 Å². The van der Waals surface area contributed by atoms with Gasteiger partial charge in [0.05, 0.1) is 11.2 Å². The summed E-state index contributed by atoms with van der Waals surface area (Å²) >= 11 is 1.54. The first-order valence-electron chi connectivity index (χ1n) is 7.91. The van der Waals surface area contributed by atoms with Crippen LogP contribution in [0.5, 0.6) is 0 Å². The van der Waals surface area contributed by atoms with Crippen molar-refractivity contribution in [2.75, 3.05) is 5.32 Å². The number of fused-ring (bicyclic) bond motifs is 1. The van der Waals surface area contributed by atoms with E-state index in [0.717, 1.165) is 27.6 Å². The second-order valence-corrected chi connectivity index (χ2v) is 6.93. The van der Waals surface area contributed by atoms with Crippen LogP contribution in [0.15, 0.2) is 51.0 Å². The molecule has 0 aliphatic carbocycles. The van der Waals surface area contributed by atoms with Gasteiger partial charge in [0.1, 0.15) is 0 Å². The third kappa shape index (κ3) is 2.85. The Hall–Kier alpha value is -2.86. The zero-order chi connectivity index (χ0) is 17.6. The molecule has 0 atom stereocenters. The quantitative estimate of drug-likeness (QED) is 0.585. The van der Waals surface area contributed by atoms with Gasteiger partial charge in [-0.05, 0) is 49.2 Å². The number of thiazole rings is 1. The third-order valence-electron chi connectivity index (χ3n) is 4.35. The molecule has 1 N–H and O–H groups in total. The molecule has 6 heteroatoms. The van der Waals surface area contributed by atoms with E-state index in [4.69, 9.17) is 4.42 Å². The number of hydrogen-bond donors (Lipinski definition) is 1. The number of benzene rings is 2. The molecule has 5 nitrogen and oxygen atoms in total. The maximum atomic E-state index is 11.6. The molecule has 126 valence electrons. The van der Waals surface area contributed by atoms with Crippen molar-refractivity contribution in [3.63, 3.8) is 0 Å². The van der Waals surface area contributed by atoms with Crippen LogP contribution in [-0.4, -0.2) is 9.55 Å². The highest BCUT2D eigenvalue weighted by Gasteiger charge is 2.10. The lowest BCUT2D eigenvalue weighted by Crippen LogP contribution is -2.08. The molecule has 0 saturated carbocycles. The van der Waals surface area contributed by atoms with Crippen LogP contribution in [0.3, 0.4) is 0 Å². The van der Waals surface area contributed by atoms with Crippen molar-refractivity contribution in [2.45, 2.75) is 13.8 Å². The zero-order valence-corrected chi connectivity index (χ0v) is 15.0. The van der Waals surface area contributed by atoms with E-state index in [1.54, 1.807) is 18.4 Å². The van der Waals surface area contributed by atoms with E-state index in [2.05, 4.69) is 36.3 Å². The summed E-state index contributed by atoms with van der Waals surface area (Å²) < 4.78 is 6.75. The van der Waals surface area contributed by atoms with E-state index in [1.165, 1.54) is 15.7 Å². The first-order valence-corrected chi connectivity index (χ1v) is 8.79. The minimum Gasteiger partial charge on any atom is -0.408 e. The van der Waals surface area contributed by atoms with E-state index in [-0.39, 0.29) is 5.76 Å². The van der Waals surface area contributed by atoms with Gasteiger partial charge in [-0.2, -0.15) is 0 Å². The molecule has 0 spiro atoms. The molecule has 0 aliphatic rings. The Kier molecular flexibility index (Phi) is 3.69. The maximum Gasteiger partial charge on any atom is 0.419 e. The number of anilines is 2. The Balaban J connectivity index is 1.64. The fraction of sp³-hybridized carbons (Fsp3) is 0.158. The summed E-state index contributed by atoms with van der Waals surface area (Å²) in [6.07, 6.45) is 0. The molecule has 4 aromatic rings. The number of nitrogens with zero attached hydrogens (tertiary/aromatic N) is 2. The number of nitrogens with one attached hydrogen (secondary N) is 1. The number of oxazole rings is 1. The molecule has 0 saturated heterocycles. The number of rotatable bonds is 3. The van der Waals surface area contributed by atoms with Crippen LogP contribution in [0.25, 0.3) is 22.4 Å². The third-order valence-corrected chi connectivity index (χ3v) is 5.11.